The van der Waals surface area contributed by atoms with Crippen LogP contribution in [0.15, 0.2) is 0 Å². The maximum Gasteiger partial charge on any atom is 0.316 e. The third-order valence-corrected chi connectivity index (χ3v) is 2.32. The molecular formula is C8H13ClN2O3. The number of amides is 2. The molecule has 0 spiro atoms. The number of carbonyl (C=O) groups is 2. The zero-order valence-corrected chi connectivity index (χ0v) is 8.79. The minimum atomic E-state index is -0.619. The molecule has 0 radical (unpaired) electrons. The van der Waals surface area contributed by atoms with Gasteiger partial charge in [0.15, 0.2) is 0 Å². The van der Waals surface area contributed by atoms with Gasteiger partial charge in [0.25, 0.3) is 0 Å². The van der Waals surface area contributed by atoms with Crippen LogP contribution < -0.4 is 0 Å². The summed E-state index contributed by atoms with van der Waals surface area (Å²) in [6.45, 7) is 2.32. The summed E-state index contributed by atoms with van der Waals surface area (Å²) in [6.07, 6.45) is 0. The van der Waals surface area contributed by atoms with E-state index in [2.05, 4.69) is 0 Å². The van der Waals surface area contributed by atoms with Gasteiger partial charge < -0.3 is 14.5 Å². The molecule has 0 aliphatic carbocycles. The number of hydrogen-bond donors (Lipinski definition) is 0. The highest BCUT2D eigenvalue weighted by Crippen LogP contribution is 2.00. The standard InChI is InChI=1S/C8H13ClN2O3/c1-10(8(9)13)6-7(12)11-2-4-14-5-3-11/h2-6H2,1H3. The second-order valence-corrected chi connectivity index (χ2v) is 3.43. The van der Waals surface area contributed by atoms with E-state index in [9.17, 15) is 9.59 Å². The second kappa shape index (κ2) is 5.17. The van der Waals surface area contributed by atoms with Gasteiger partial charge in [-0.2, -0.15) is 0 Å². The van der Waals surface area contributed by atoms with Gasteiger partial charge in [0.2, 0.25) is 5.91 Å². The Morgan fingerprint density at radius 2 is 2.00 bits per heavy atom. The highest BCUT2D eigenvalue weighted by molar-refractivity contribution is 6.62. The van der Waals surface area contributed by atoms with E-state index in [1.807, 2.05) is 0 Å². The van der Waals surface area contributed by atoms with Crippen LogP contribution in [0.5, 0.6) is 0 Å². The highest BCUT2D eigenvalue weighted by Gasteiger charge is 2.19. The van der Waals surface area contributed by atoms with Crippen molar-refractivity contribution in [1.82, 2.24) is 9.80 Å². The zero-order valence-electron chi connectivity index (χ0n) is 8.03. The molecule has 1 fully saturated rings. The third kappa shape index (κ3) is 3.16. The summed E-state index contributed by atoms with van der Waals surface area (Å²) in [5, 5.41) is -0.619. The molecule has 2 amide bonds. The molecule has 1 heterocycles. The van der Waals surface area contributed by atoms with Crippen molar-refractivity contribution in [3.8, 4) is 0 Å². The number of morpholine rings is 1. The summed E-state index contributed by atoms with van der Waals surface area (Å²) in [4.78, 5) is 25.0. The van der Waals surface area contributed by atoms with E-state index in [4.69, 9.17) is 16.3 Å². The fourth-order valence-electron chi connectivity index (χ4n) is 1.18. The lowest BCUT2D eigenvalue weighted by molar-refractivity contribution is -0.135. The SMILES string of the molecule is CN(CC(=O)N1CCOCC1)C(=O)Cl. The lowest BCUT2D eigenvalue weighted by Crippen LogP contribution is -2.45. The molecule has 0 bridgehead atoms. The first-order valence-electron chi connectivity index (χ1n) is 4.37. The fourth-order valence-corrected chi connectivity index (χ4v) is 1.24. The minimum Gasteiger partial charge on any atom is -0.378 e. The van der Waals surface area contributed by atoms with E-state index in [1.165, 1.54) is 11.9 Å². The van der Waals surface area contributed by atoms with Gasteiger partial charge in [-0.25, -0.2) is 0 Å². The molecule has 6 heteroatoms. The molecule has 0 unspecified atom stereocenters. The minimum absolute atomic E-state index is 0.0301. The van der Waals surface area contributed by atoms with Crippen LogP contribution in [0.1, 0.15) is 0 Å². The predicted octanol–water partition coefficient (Wildman–Crippen LogP) is 0.136. The first kappa shape index (κ1) is 11.3. The summed E-state index contributed by atoms with van der Waals surface area (Å²) in [5.41, 5.74) is 0. The van der Waals surface area contributed by atoms with Gasteiger partial charge in [0.05, 0.1) is 13.2 Å². The molecule has 0 aromatic heterocycles. The number of rotatable bonds is 2. The van der Waals surface area contributed by atoms with E-state index in [0.29, 0.717) is 26.3 Å². The Kier molecular flexibility index (Phi) is 4.16. The molecular weight excluding hydrogens is 208 g/mol. The normalized spacial score (nSPS) is 16.6. The summed E-state index contributed by atoms with van der Waals surface area (Å²) in [7, 11) is 1.49. The number of ether oxygens (including phenoxy) is 1. The van der Waals surface area contributed by atoms with Gasteiger partial charge in [-0.3, -0.25) is 9.59 Å². The van der Waals surface area contributed by atoms with Crippen LogP contribution in [0, 0.1) is 0 Å². The smallest absolute Gasteiger partial charge is 0.316 e. The monoisotopic (exact) mass is 220 g/mol. The van der Waals surface area contributed by atoms with E-state index in [1.54, 1.807) is 4.90 Å². The molecule has 0 aromatic carbocycles. The van der Waals surface area contributed by atoms with Gasteiger partial charge in [-0.15, -0.1) is 0 Å². The van der Waals surface area contributed by atoms with Crippen molar-refractivity contribution in [3.63, 3.8) is 0 Å². The molecule has 0 N–H and O–H groups in total. The molecule has 0 saturated carbocycles. The number of nitrogens with zero attached hydrogens (tertiary/aromatic N) is 2. The summed E-state index contributed by atoms with van der Waals surface area (Å²) in [5.74, 6) is -0.0928. The number of halogens is 1. The van der Waals surface area contributed by atoms with Crippen molar-refractivity contribution in [2.75, 3.05) is 39.9 Å². The van der Waals surface area contributed by atoms with Crippen LogP contribution in [-0.2, 0) is 9.53 Å². The van der Waals surface area contributed by atoms with Crippen molar-refractivity contribution in [3.05, 3.63) is 0 Å². The Labute approximate surface area is 87.5 Å². The molecule has 14 heavy (non-hydrogen) atoms. The van der Waals surface area contributed by atoms with Crippen molar-refractivity contribution in [2.45, 2.75) is 0 Å². The second-order valence-electron chi connectivity index (χ2n) is 3.10. The van der Waals surface area contributed by atoms with Gasteiger partial charge >= 0.3 is 5.37 Å². The zero-order chi connectivity index (χ0) is 10.6. The summed E-state index contributed by atoms with van der Waals surface area (Å²) in [6, 6.07) is 0. The quantitative estimate of drug-likeness (QED) is 0.491. The average molecular weight is 221 g/mol. The number of likely N-dealkylation sites (N-methyl/N-ethyl adjacent to an activating group) is 1. The van der Waals surface area contributed by atoms with Crippen molar-refractivity contribution in [1.29, 1.82) is 0 Å². The lowest BCUT2D eigenvalue weighted by atomic mass is 10.4. The average Bonchev–Trinajstić information content (AvgIpc) is 2.19. The van der Waals surface area contributed by atoms with E-state index >= 15 is 0 Å². The van der Waals surface area contributed by atoms with Gasteiger partial charge in [0, 0.05) is 20.1 Å². The van der Waals surface area contributed by atoms with Gasteiger partial charge in [-0.1, -0.05) is 0 Å². The third-order valence-electron chi connectivity index (χ3n) is 2.04. The molecule has 80 valence electrons. The molecule has 1 aliphatic rings. The van der Waals surface area contributed by atoms with E-state index < -0.39 is 5.37 Å². The van der Waals surface area contributed by atoms with Crippen LogP contribution in [0.3, 0.4) is 0 Å². The highest BCUT2D eigenvalue weighted by atomic mass is 35.5. The summed E-state index contributed by atoms with van der Waals surface area (Å²) < 4.78 is 5.10. The first-order valence-corrected chi connectivity index (χ1v) is 4.75. The molecule has 1 aliphatic heterocycles. The van der Waals surface area contributed by atoms with E-state index in [-0.39, 0.29) is 12.5 Å². The van der Waals surface area contributed by atoms with E-state index in [0.717, 1.165) is 0 Å². The first-order chi connectivity index (χ1) is 6.61. The Morgan fingerprint density at radius 3 is 2.50 bits per heavy atom. The van der Waals surface area contributed by atoms with Crippen molar-refractivity contribution >= 4 is 22.9 Å². The fraction of sp³-hybridized carbons (Fsp3) is 0.750. The molecule has 5 nitrogen and oxygen atoms in total. The Hall–Kier alpha value is -0.810. The molecule has 1 rings (SSSR count). The van der Waals surface area contributed by atoms with Gasteiger partial charge in [-0.05, 0) is 11.6 Å². The lowest BCUT2D eigenvalue weighted by Gasteiger charge is -2.28. The topological polar surface area (TPSA) is 49.9 Å². The number of hydrogen-bond acceptors (Lipinski definition) is 3. The van der Waals surface area contributed by atoms with Crippen LogP contribution in [0.2, 0.25) is 0 Å². The maximum absolute atomic E-state index is 11.5. The Morgan fingerprint density at radius 1 is 1.43 bits per heavy atom. The summed E-state index contributed by atoms with van der Waals surface area (Å²) >= 11 is 5.20. The number of carbonyl (C=O) groups excluding carboxylic acids is 2. The van der Waals surface area contributed by atoms with Crippen LogP contribution in [0.25, 0.3) is 0 Å². The molecule has 0 aromatic rings. The molecule has 0 atom stereocenters. The van der Waals surface area contributed by atoms with Gasteiger partial charge in [0.1, 0.15) is 6.54 Å². The maximum atomic E-state index is 11.5. The molecule has 1 saturated heterocycles. The Balaban J connectivity index is 2.36. The van der Waals surface area contributed by atoms with Crippen molar-refractivity contribution in [2.24, 2.45) is 0 Å². The largest absolute Gasteiger partial charge is 0.378 e. The van der Waals surface area contributed by atoms with Crippen LogP contribution in [-0.4, -0.2) is 61.0 Å². The van der Waals surface area contributed by atoms with Crippen LogP contribution >= 0.6 is 11.6 Å². The Bertz CT molecular complexity index is 229. The van der Waals surface area contributed by atoms with Crippen molar-refractivity contribution < 1.29 is 14.3 Å². The predicted molar refractivity (Wildman–Crippen MR) is 51.3 cm³/mol. The van der Waals surface area contributed by atoms with Crippen LogP contribution in [0.4, 0.5) is 4.79 Å².